The molecule has 3 nitrogen and oxygen atoms in total. The second kappa shape index (κ2) is 5.58. The Labute approximate surface area is 123 Å². The SMILES string of the molecule is C1COC2(CCN(CC3CC4CCC3CC4)CC2)OC1. The first kappa shape index (κ1) is 13.5. The van der Waals surface area contributed by atoms with E-state index in [0.717, 1.165) is 50.2 Å². The number of hydrogen-bond donors (Lipinski definition) is 0. The Morgan fingerprint density at radius 2 is 1.65 bits per heavy atom. The normalized spacial score (nSPS) is 41.1. The van der Waals surface area contributed by atoms with Crippen molar-refractivity contribution >= 4 is 0 Å². The molecule has 1 unspecified atom stereocenters. The lowest BCUT2D eigenvalue weighted by Crippen LogP contribution is -2.51. The first-order valence-electron chi connectivity index (χ1n) is 8.83. The molecule has 114 valence electrons. The van der Waals surface area contributed by atoms with Crippen LogP contribution in [0.2, 0.25) is 0 Å². The van der Waals surface area contributed by atoms with E-state index in [1.165, 1.54) is 51.7 Å². The van der Waals surface area contributed by atoms with E-state index in [1.807, 2.05) is 0 Å². The molecule has 3 aliphatic carbocycles. The predicted octanol–water partition coefficient (Wildman–Crippen LogP) is 3.04. The molecule has 2 saturated heterocycles. The second-order valence-electron chi connectivity index (χ2n) is 7.54. The maximum atomic E-state index is 5.95. The summed E-state index contributed by atoms with van der Waals surface area (Å²) in [7, 11) is 0. The molecule has 2 heterocycles. The van der Waals surface area contributed by atoms with Crippen molar-refractivity contribution in [2.45, 2.75) is 57.2 Å². The first-order valence-corrected chi connectivity index (χ1v) is 8.83. The monoisotopic (exact) mass is 279 g/mol. The van der Waals surface area contributed by atoms with Crippen molar-refractivity contribution in [1.82, 2.24) is 4.90 Å². The molecule has 0 aromatic carbocycles. The highest BCUT2D eigenvalue weighted by Crippen LogP contribution is 2.45. The van der Waals surface area contributed by atoms with Crippen molar-refractivity contribution in [2.24, 2.45) is 17.8 Å². The molecule has 0 aromatic heterocycles. The van der Waals surface area contributed by atoms with Gasteiger partial charge in [0.05, 0.1) is 13.2 Å². The van der Waals surface area contributed by atoms with Crippen LogP contribution in [0.3, 0.4) is 0 Å². The fourth-order valence-electron chi connectivity index (χ4n) is 5.05. The minimum atomic E-state index is -0.208. The summed E-state index contributed by atoms with van der Waals surface area (Å²) in [5, 5.41) is 0. The molecule has 5 rings (SSSR count). The molecule has 5 aliphatic rings. The summed E-state index contributed by atoms with van der Waals surface area (Å²) in [6, 6.07) is 0. The molecule has 3 heteroatoms. The number of ether oxygens (including phenoxy) is 2. The Bertz CT molecular complexity index is 322. The van der Waals surface area contributed by atoms with Gasteiger partial charge in [-0.2, -0.15) is 0 Å². The molecular formula is C17H29NO2. The second-order valence-corrected chi connectivity index (χ2v) is 7.54. The molecule has 3 saturated carbocycles. The molecule has 2 aliphatic heterocycles. The molecule has 5 fully saturated rings. The van der Waals surface area contributed by atoms with Crippen molar-refractivity contribution in [3.8, 4) is 0 Å². The highest BCUT2D eigenvalue weighted by molar-refractivity contribution is 4.89. The largest absolute Gasteiger partial charge is 0.350 e. The van der Waals surface area contributed by atoms with Crippen LogP contribution in [-0.2, 0) is 9.47 Å². The van der Waals surface area contributed by atoms with Gasteiger partial charge in [-0.3, -0.25) is 0 Å². The van der Waals surface area contributed by atoms with Gasteiger partial charge in [-0.1, -0.05) is 12.8 Å². The van der Waals surface area contributed by atoms with E-state index < -0.39 is 0 Å². The highest BCUT2D eigenvalue weighted by Gasteiger charge is 2.40. The average Bonchev–Trinajstić information content (AvgIpc) is 2.52. The van der Waals surface area contributed by atoms with Crippen LogP contribution in [0.1, 0.15) is 51.4 Å². The van der Waals surface area contributed by atoms with E-state index in [-0.39, 0.29) is 5.79 Å². The summed E-state index contributed by atoms with van der Waals surface area (Å²) in [6.45, 7) is 5.48. The number of fused-ring (bicyclic) bond motifs is 3. The number of hydrogen-bond acceptors (Lipinski definition) is 3. The average molecular weight is 279 g/mol. The third-order valence-electron chi connectivity index (χ3n) is 6.32. The van der Waals surface area contributed by atoms with Gasteiger partial charge in [0.1, 0.15) is 0 Å². The number of piperidine rings is 1. The van der Waals surface area contributed by atoms with Gasteiger partial charge < -0.3 is 14.4 Å². The Balaban J connectivity index is 1.29. The molecule has 2 bridgehead atoms. The van der Waals surface area contributed by atoms with Gasteiger partial charge >= 0.3 is 0 Å². The van der Waals surface area contributed by atoms with Gasteiger partial charge in [-0.15, -0.1) is 0 Å². The lowest BCUT2D eigenvalue weighted by atomic mass is 9.64. The Morgan fingerprint density at radius 1 is 0.950 bits per heavy atom. The fraction of sp³-hybridized carbons (Fsp3) is 1.00. The van der Waals surface area contributed by atoms with E-state index >= 15 is 0 Å². The van der Waals surface area contributed by atoms with Crippen LogP contribution in [0.15, 0.2) is 0 Å². The van der Waals surface area contributed by atoms with Gasteiger partial charge in [0, 0.05) is 32.5 Å². The molecule has 0 aromatic rings. The standard InChI is InChI=1S/C17H29NO2/c1-10-19-17(20-11-1)6-8-18(9-7-17)13-16-12-14-2-4-15(16)5-3-14/h14-16H,1-13H2. The first-order chi connectivity index (χ1) is 9.83. The number of nitrogens with zero attached hydrogens (tertiary/aromatic N) is 1. The zero-order valence-electron chi connectivity index (χ0n) is 12.7. The zero-order valence-corrected chi connectivity index (χ0v) is 12.7. The summed E-state index contributed by atoms with van der Waals surface area (Å²) in [4.78, 5) is 2.69. The van der Waals surface area contributed by atoms with Gasteiger partial charge in [0.25, 0.3) is 0 Å². The Kier molecular flexibility index (Phi) is 3.78. The Hall–Kier alpha value is -0.120. The summed E-state index contributed by atoms with van der Waals surface area (Å²) < 4.78 is 11.9. The van der Waals surface area contributed by atoms with Gasteiger partial charge in [-0.05, 0) is 43.4 Å². The minimum Gasteiger partial charge on any atom is -0.350 e. The number of rotatable bonds is 2. The molecule has 0 N–H and O–H groups in total. The Morgan fingerprint density at radius 3 is 2.25 bits per heavy atom. The van der Waals surface area contributed by atoms with E-state index in [4.69, 9.17) is 9.47 Å². The van der Waals surface area contributed by atoms with Crippen LogP contribution >= 0.6 is 0 Å². The van der Waals surface area contributed by atoms with Crippen LogP contribution < -0.4 is 0 Å². The summed E-state index contributed by atoms with van der Waals surface area (Å²) in [5.41, 5.74) is 0. The quantitative estimate of drug-likeness (QED) is 0.775. The third kappa shape index (κ3) is 2.65. The summed E-state index contributed by atoms with van der Waals surface area (Å²) in [5.74, 6) is 2.88. The van der Waals surface area contributed by atoms with Crippen molar-refractivity contribution in [3.05, 3.63) is 0 Å². The maximum Gasteiger partial charge on any atom is 0.170 e. The van der Waals surface area contributed by atoms with E-state index in [0.29, 0.717) is 0 Å². The van der Waals surface area contributed by atoms with Crippen molar-refractivity contribution in [2.75, 3.05) is 32.8 Å². The van der Waals surface area contributed by atoms with Crippen molar-refractivity contribution < 1.29 is 9.47 Å². The van der Waals surface area contributed by atoms with E-state index in [1.54, 1.807) is 0 Å². The predicted molar refractivity (Wildman–Crippen MR) is 78.5 cm³/mol. The van der Waals surface area contributed by atoms with Crippen LogP contribution in [0.5, 0.6) is 0 Å². The molecule has 20 heavy (non-hydrogen) atoms. The molecule has 0 amide bonds. The van der Waals surface area contributed by atoms with Gasteiger partial charge in [0.15, 0.2) is 5.79 Å². The molecule has 1 spiro atoms. The number of likely N-dealkylation sites (tertiary alicyclic amines) is 1. The highest BCUT2D eigenvalue weighted by atomic mass is 16.7. The molecule has 0 radical (unpaired) electrons. The lowest BCUT2D eigenvalue weighted by molar-refractivity contribution is -0.284. The molecule has 1 atom stereocenters. The van der Waals surface area contributed by atoms with Crippen LogP contribution in [0.25, 0.3) is 0 Å². The smallest absolute Gasteiger partial charge is 0.170 e. The van der Waals surface area contributed by atoms with E-state index in [9.17, 15) is 0 Å². The maximum absolute atomic E-state index is 5.95. The minimum absolute atomic E-state index is 0.208. The summed E-state index contributed by atoms with van der Waals surface area (Å²) >= 11 is 0. The fourth-order valence-corrected chi connectivity index (χ4v) is 5.05. The van der Waals surface area contributed by atoms with Crippen LogP contribution in [-0.4, -0.2) is 43.5 Å². The van der Waals surface area contributed by atoms with Gasteiger partial charge in [0.2, 0.25) is 0 Å². The van der Waals surface area contributed by atoms with Crippen LogP contribution in [0.4, 0.5) is 0 Å². The van der Waals surface area contributed by atoms with E-state index in [2.05, 4.69) is 4.90 Å². The third-order valence-corrected chi connectivity index (χ3v) is 6.32. The lowest BCUT2D eigenvalue weighted by Gasteiger charge is -2.47. The van der Waals surface area contributed by atoms with Crippen molar-refractivity contribution in [1.29, 1.82) is 0 Å². The zero-order chi connectivity index (χ0) is 13.4. The summed E-state index contributed by atoms with van der Waals surface area (Å²) in [6.07, 6.45) is 10.8. The van der Waals surface area contributed by atoms with Crippen LogP contribution in [0, 0.1) is 17.8 Å². The van der Waals surface area contributed by atoms with Crippen molar-refractivity contribution in [3.63, 3.8) is 0 Å². The topological polar surface area (TPSA) is 21.7 Å². The molecular weight excluding hydrogens is 250 g/mol. The van der Waals surface area contributed by atoms with Gasteiger partial charge in [-0.25, -0.2) is 0 Å².